The lowest BCUT2D eigenvalue weighted by molar-refractivity contribution is 0.0580. The van der Waals surface area contributed by atoms with Crippen LogP contribution in [-0.4, -0.2) is 36.5 Å². The second-order valence-electron chi connectivity index (χ2n) is 4.90. The molecule has 2 fully saturated rings. The number of likely N-dealkylation sites (tertiary alicyclic amines) is 1. The summed E-state index contributed by atoms with van der Waals surface area (Å²) in [6.07, 6.45) is 2.31. The van der Waals surface area contributed by atoms with E-state index in [1.165, 1.54) is 17.8 Å². The van der Waals surface area contributed by atoms with Crippen molar-refractivity contribution in [3.05, 3.63) is 21.9 Å². The molecule has 1 aromatic heterocycles. The van der Waals surface area contributed by atoms with Crippen molar-refractivity contribution >= 4 is 17.2 Å². The smallest absolute Gasteiger partial charge is 0.264 e. The number of piperidine rings is 1. The first kappa shape index (κ1) is 11.7. The Labute approximate surface area is 110 Å². The summed E-state index contributed by atoms with van der Waals surface area (Å²) >= 11 is 1.30. The summed E-state index contributed by atoms with van der Waals surface area (Å²) in [5, 5.41) is 12.2. The van der Waals surface area contributed by atoms with Crippen molar-refractivity contribution in [2.45, 2.75) is 18.9 Å². The maximum absolute atomic E-state index is 12.5. The number of nitrogens with zero attached hydrogens (tertiary/aromatic N) is 2. The molecule has 18 heavy (non-hydrogen) atoms. The van der Waals surface area contributed by atoms with E-state index in [4.69, 9.17) is 5.26 Å². The Hall–Kier alpha value is -1.38. The molecule has 1 N–H and O–H groups in total. The third-order valence-electron chi connectivity index (χ3n) is 3.87. The molecule has 0 saturated carbocycles. The molecule has 1 aromatic rings. The zero-order valence-corrected chi connectivity index (χ0v) is 10.9. The standard InChI is InChI=1S/C13H15N3OS/c14-6-10-3-4-12(18-10)13(17)16-5-1-2-9-7-15-8-11(9)16/h3-4,9,11,15H,1-2,5,7-8H2/t9-,11+/m1/s1. The number of amides is 1. The van der Waals surface area contributed by atoms with Crippen LogP contribution < -0.4 is 5.32 Å². The first-order chi connectivity index (χ1) is 8.79. The van der Waals surface area contributed by atoms with E-state index in [1.54, 1.807) is 12.1 Å². The highest BCUT2D eigenvalue weighted by molar-refractivity contribution is 7.14. The predicted molar refractivity (Wildman–Crippen MR) is 69.5 cm³/mol. The van der Waals surface area contributed by atoms with Gasteiger partial charge in [0.05, 0.1) is 4.88 Å². The number of thiophene rings is 1. The van der Waals surface area contributed by atoms with Crippen molar-refractivity contribution in [1.29, 1.82) is 5.26 Å². The number of rotatable bonds is 1. The van der Waals surface area contributed by atoms with Gasteiger partial charge in [-0.15, -0.1) is 11.3 Å². The average Bonchev–Trinajstić information content (AvgIpc) is 3.05. The normalized spacial score (nSPS) is 26.7. The Balaban J connectivity index is 1.81. The van der Waals surface area contributed by atoms with Crippen LogP contribution in [0.15, 0.2) is 12.1 Å². The monoisotopic (exact) mass is 261 g/mol. The summed E-state index contributed by atoms with van der Waals surface area (Å²) in [6, 6.07) is 5.94. The lowest BCUT2D eigenvalue weighted by Crippen LogP contribution is -2.48. The zero-order valence-electron chi connectivity index (χ0n) is 10.1. The Bertz CT molecular complexity index is 505. The van der Waals surface area contributed by atoms with E-state index in [9.17, 15) is 4.79 Å². The number of carbonyl (C=O) groups is 1. The first-order valence-electron chi connectivity index (χ1n) is 6.31. The summed E-state index contributed by atoms with van der Waals surface area (Å²) in [4.78, 5) is 15.8. The molecular weight excluding hydrogens is 246 g/mol. The van der Waals surface area contributed by atoms with Gasteiger partial charge >= 0.3 is 0 Å². The van der Waals surface area contributed by atoms with Crippen LogP contribution in [0, 0.1) is 17.2 Å². The Morgan fingerprint density at radius 3 is 3.17 bits per heavy atom. The molecule has 0 aromatic carbocycles. The minimum Gasteiger partial charge on any atom is -0.333 e. The van der Waals surface area contributed by atoms with E-state index in [1.807, 2.05) is 4.90 Å². The summed E-state index contributed by atoms with van der Waals surface area (Å²) in [7, 11) is 0. The van der Waals surface area contributed by atoms with Crippen LogP contribution in [0.5, 0.6) is 0 Å². The fraction of sp³-hybridized carbons (Fsp3) is 0.538. The quantitative estimate of drug-likeness (QED) is 0.832. The highest BCUT2D eigenvalue weighted by Crippen LogP contribution is 2.29. The van der Waals surface area contributed by atoms with E-state index in [0.717, 1.165) is 26.1 Å². The fourth-order valence-electron chi connectivity index (χ4n) is 2.97. The highest BCUT2D eigenvalue weighted by Gasteiger charge is 2.37. The van der Waals surface area contributed by atoms with E-state index in [2.05, 4.69) is 11.4 Å². The molecule has 2 aliphatic rings. The van der Waals surface area contributed by atoms with Gasteiger partial charge in [-0.1, -0.05) is 0 Å². The number of nitrogens with one attached hydrogen (secondary N) is 1. The summed E-state index contributed by atoms with van der Waals surface area (Å²) in [5.41, 5.74) is 0. The molecule has 3 rings (SSSR count). The van der Waals surface area contributed by atoms with Gasteiger partial charge < -0.3 is 10.2 Å². The van der Waals surface area contributed by atoms with Gasteiger partial charge in [0.2, 0.25) is 0 Å². The minimum atomic E-state index is 0.0971. The van der Waals surface area contributed by atoms with Gasteiger partial charge in [-0.05, 0) is 30.9 Å². The molecule has 2 saturated heterocycles. The molecule has 0 aliphatic carbocycles. The van der Waals surface area contributed by atoms with Gasteiger partial charge in [0, 0.05) is 25.7 Å². The third-order valence-corrected chi connectivity index (χ3v) is 4.84. The topological polar surface area (TPSA) is 56.1 Å². The largest absolute Gasteiger partial charge is 0.333 e. The molecule has 1 amide bonds. The molecule has 0 unspecified atom stereocenters. The number of nitriles is 1. The number of carbonyl (C=O) groups excluding carboxylic acids is 1. The molecule has 94 valence electrons. The zero-order chi connectivity index (χ0) is 12.5. The minimum absolute atomic E-state index is 0.0971. The van der Waals surface area contributed by atoms with Gasteiger partial charge in [0.15, 0.2) is 0 Å². The molecule has 2 atom stereocenters. The Kier molecular flexibility index (Phi) is 3.06. The molecule has 0 bridgehead atoms. The van der Waals surface area contributed by atoms with Crippen LogP contribution >= 0.6 is 11.3 Å². The van der Waals surface area contributed by atoms with E-state index in [0.29, 0.717) is 21.7 Å². The lowest BCUT2D eigenvalue weighted by Gasteiger charge is -2.36. The van der Waals surface area contributed by atoms with Crippen LogP contribution in [0.1, 0.15) is 27.4 Å². The van der Waals surface area contributed by atoms with Gasteiger partial charge in [-0.25, -0.2) is 0 Å². The van der Waals surface area contributed by atoms with Crippen molar-refractivity contribution in [1.82, 2.24) is 10.2 Å². The maximum atomic E-state index is 12.5. The number of hydrogen-bond donors (Lipinski definition) is 1. The average molecular weight is 261 g/mol. The van der Waals surface area contributed by atoms with Crippen molar-refractivity contribution in [3.8, 4) is 6.07 Å². The lowest BCUT2D eigenvalue weighted by atomic mass is 9.92. The van der Waals surface area contributed by atoms with Crippen LogP contribution in [0.4, 0.5) is 0 Å². The molecular formula is C13H15N3OS. The van der Waals surface area contributed by atoms with E-state index < -0.39 is 0 Å². The molecule has 0 spiro atoms. The van der Waals surface area contributed by atoms with Crippen molar-refractivity contribution in [2.24, 2.45) is 5.92 Å². The van der Waals surface area contributed by atoms with Gasteiger partial charge in [0.25, 0.3) is 5.91 Å². The van der Waals surface area contributed by atoms with Crippen LogP contribution in [0.25, 0.3) is 0 Å². The molecule has 3 heterocycles. The predicted octanol–water partition coefficient (Wildman–Crippen LogP) is 1.44. The second kappa shape index (κ2) is 4.71. The summed E-state index contributed by atoms with van der Waals surface area (Å²) in [5.74, 6) is 0.706. The van der Waals surface area contributed by atoms with Crippen LogP contribution in [0.2, 0.25) is 0 Å². The molecule has 2 aliphatic heterocycles. The van der Waals surface area contributed by atoms with Crippen molar-refractivity contribution in [3.63, 3.8) is 0 Å². The Morgan fingerprint density at radius 1 is 1.50 bits per heavy atom. The van der Waals surface area contributed by atoms with E-state index >= 15 is 0 Å². The second-order valence-corrected chi connectivity index (χ2v) is 5.99. The van der Waals surface area contributed by atoms with Gasteiger partial charge in [0.1, 0.15) is 10.9 Å². The molecule has 0 radical (unpaired) electrons. The van der Waals surface area contributed by atoms with E-state index in [-0.39, 0.29) is 5.91 Å². The van der Waals surface area contributed by atoms with Crippen molar-refractivity contribution in [2.75, 3.05) is 19.6 Å². The summed E-state index contributed by atoms with van der Waals surface area (Å²) in [6.45, 7) is 2.79. The third kappa shape index (κ3) is 1.92. The number of fused-ring (bicyclic) bond motifs is 1. The van der Waals surface area contributed by atoms with Crippen LogP contribution in [-0.2, 0) is 0 Å². The molecule has 4 nitrogen and oxygen atoms in total. The molecule has 5 heteroatoms. The van der Waals surface area contributed by atoms with Crippen molar-refractivity contribution < 1.29 is 4.79 Å². The fourth-order valence-corrected chi connectivity index (χ4v) is 3.73. The van der Waals surface area contributed by atoms with Gasteiger partial charge in [-0.2, -0.15) is 5.26 Å². The SMILES string of the molecule is N#Cc1ccc(C(=O)N2CCC[C@@H]3CNC[C@@H]32)s1. The van der Waals surface area contributed by atoms with Gasteiger partial charge in [-0.3, -0.25) is 4.79 Å². The Morgan fingerprint density at radius 2 is 2.39 bits per heavy atom. The maximum Gasteiger partial charge on any atom is 0.264 e. The van der Waals surface area contributed by atoms with Crippen LogP contribution in [0.3, 0.4) is 0 Å². The summed E-state index contributed by atoms with van der Waals surface area (Å²) < 4.78 is 0. The number of hydrogen-bond acceptors (Lipinski definition) is 4. The first-order valence-corrected chi connectivity index (χ1v) is 7.13. The highest BCUT2D eigenvalue weighted by atomic mass is 32.1.